The molecule has 0 spiro atoms. The van der Waals surface area contributed by atoms with Crippen LogP contribution in [0.15, 0.2) is 93.9 Å². The van der Waals surface area contributed by atoms with Gasteiger partial charge in [-0.05, 0) is 43.0 Å². The van der Waals surface area contributed by atoms with Crippen molar-refractivity contribution in [3.05, 3.63) is 127 Å². The zero-order chi connectivity index (χ0) is 37.5. The summed E-state index contributed by atoms with van der Waals surface area (Å²) in [5.41, 5.74) is 11.6. The first-order valence-corrected chi connectivity index (χ1v) is 17.0. The molecule has 0 aromatic heterocycles. The summed E-state index contributed by atoms with van der Waals surface area (Å²) in [6, 6.07) is 24.8. The second-order valence-corrected chi connectivity index (χ2v) is 11.7. The Kier molecular flexibility index (Phi) is 25.3. The summed E-state index contributed by atoms with van der Waals surface area (Å²) >= 11 is 6.28. The molecule has 0 unspecified atom stereocenters. The maximum atomic E-state index is 13.5. The number of nitrogens with two attached hydrogens (primary N) is 1. The smallest absolute Gasteiger partial charge is 0.306 e. The van der Waals surface area contributed by atoms with Crippen molar-refractivity contribution >= 4 is 54.6 Å². The van der Waals surface area contributed by atoms with Gasteiger partial charge >= 0.3 is 5.69 Å². The molecule has 1 saturated heterocycles. The van der Waals surface area contributed by atoms with Crippen molar-refractivity contribution in [1.82, 2.24) is 0 Å². The van der Waals surface area contributed by atoms with Gasteiger partial charge < -0.3 is 41.2 Å². The highest BCUT2D eigenvalue weighted by Crippen LogP contribution is 2.28. The number of nitrogen functional groups attached to an aromatic ring is 1. The van der Waals surface area contributed by atoms with Crippen molar-refractivity contribution in [3.63, 3.8) is 0 Å². The van der Waals surface area contributed by atoms with Gasteiger partial charge in [-0.15, -0.1) is 0 Å². The van der Waals surface area contributed by atoms with Gasteiger partial charge in [-0.1, -0.05) is 81.9 Å². The summed E-state index contributed by atoms with van der Waals surface area (Å²) in [4.78, 5) is 9.38. The van der Waals surface area contributed by atoms with Crippen LogP contribution in [0.5, 0.6) is 0 Å². The number of rotatable bonds is 12. The molecule has 5 rings (SSSR count). The molecule has 1 heterocycles. The number of hydrogen-bond acceptors (Lipinski definition) is 9. The fourth-order valence-corrected chi connectivity index (χ4v) is 4.50. The highest BCUT2D eigenvalue weighted by molar-refractivity contribution is 9.11. The molecule has 51 heavy (non-hydrogen) atoms. The van der Waals surface area contributed by atoms with Crippen LogP contribution in [0.1, 0.15) is 32.4 Å². The Balaban J connectivity index is 0.000000737. The highest BCUT2D eigenvalue weighted by Gasteiger charge is 2.22. The lowest BCUT2D eigenvalue weighted by Gasteiger charge is -2.14. The Hall–Kier alpha value is -3.54. The molecule has 15 heteroatoms. The number of quaternary nitrogens is 1. The molecule has 0 bridgehead atoms. The number of aliphatic hydroxyl groups is 2. The molecular weight excluding hydrogens is 798 g/mol. The number of nitro benzene ring substituents is 1. The molecule has 0 amide bonds. The lowest BCUT2D eigenvalue weighted by molar-refractivity contribution is -0.387. The third kappa shape index (κ3) is 19.6. The molecule has 1 aliphatic heterocycles. The predicted molar refractivity (Wildman–Crippen MR) is 204 cm³/mol. The van der Waals surface area contributed by atoms with Crippen LogP contribution in [-0.4, -0.2) is 60.8 Å². The van der Waals surface area contributed by atoms with Gasteiger partial charge in [-0.3, -0.25) is 10.1 Å². The van der Waals surface area contributed by atoms with Crippen LogP contribution in [0, 0.1) is 21.7 Å². The Morgan fingerprint density at radius 3 is 2.00 bits per heavy atom. The lowest BCUT2D eigenvalue weighted by Crippen LogP contribution is -2.41. The number of benzene rings is 4. The van der Waals surface area contributed by atoms with E-state index in [1.165, 1.54) is 11.6 Å². The summed E-state index contributed by atoms with van der Waals surface area (Å²) < 4.78 is 43.1. The highest BCUT2D eigenvalue weighted by atomic mass is 79.9. The van der Waals surface area contributed by atoms with Crippen molar-refractivity contribution in [2.75, 3.05) is 44.5 Å². The summed E-state index contributed by atoms with van der Waals surface area (Å²) in [7, 11) is 1.00. The molecule has 282 valence electrons. The fraction of sp³-hybridized carbons (Fsp3) is 0.333. The molecule has 1 fully saturated rings. The molecule has 2 atom stereocenters. The van der Waals surface area contributed by atoms with Crippen LogP contribution in [0.25, 0.3) is 0 Å². The van der Waals surface area contributed by atoms with Crippen molar-refractivity contribution in [3.8, 4) is 0 Å². The number of halogens is 4. The third-order valence-corrected chi connectivity index (χ3v) is 7.51. The summed E-state index contributed by atoms with van der Waals surface area (Å²) in [5.74, 6) is -1.32. The fourth-order valence-electron chi connectivity index (χ4n) is 3.64. The Morgan fingerprint density at radius 2 is 1.49 bits per heavy atom. The van der Waals surface area contributed by atoms with Crippen molar-refractivity contribution in [1.29, 1.82) is 0 Å². The molecule has 0 radical (unpaired) electrons. The van der Waals surface area contributed by atoms with Gasteiger partial charge in [0, 0.05) is 52.6 Å². The maximum Gasteiger partial charge on any atom is 0.306 e. The van der Waals surface area contributed by atoms with Crippen LogP contribution < -0.4 is 16.8 Å². The molecule has 4 aromatic rings. The largest absolute Gasteiger partial charge is 0.400 e. The minimum atomic E-state index is -0.930. The minimum Gasteiger partial charge on any atom is -0.400 e. The van der Waals surface area contributed by atoms with E-state index in [9.17, 15) is 24.0 Å². The van der Waals surface area contributed by atoms with Crippen LogP contribution in [-0.2, 0) is 27.4 Å². The van der Waals surface area contributed by atoms with Gasteiger partial charge in [0.25, 0.3) is 0 Å². The Morgan fingerprint density at radius 1 is 0.961 bits per heavy atom. The number of nitro groups is 1. The minimum absolute atomic E-state index is 0. The summed E-state index contributed by atoms with van der Waals surface area (Å²) in [6.07, 6.45) is -0.313. The van der Waals surface area contributed by atoms with E-state index < -0.39 is 22.5 Å². The van der Waals surface area contributed by atoms with E-state index in [0.29, 0.717) is 39.6 Å². The average Bonchev–Trinajstić information content (AvgIpc) is 3.95. The number of ether oxygens (including phenoxy) is 3. The number of epoxide rings is 1. The van der Waals surface area contributed by atoms with E-state index in [0.717, 1.165) is 38.0 Å². The number of anilines is 2. The van der Waals surface area contributed by atoms with E-state index in [2.05, 4.69) is 55.0 Å². The normalized spacial score (nSPS) is 12.7. The first-order valence-electron chi connectivity index (χ1n) is 15.4. The van der Waals surface area contributed by atoms with Crippen molar-refractivity contribution < 1.29 is 43.9 Å². The lowest BCUT2D eigenvalue weighted by atomic mass is 10.2. The molecular formula is C36H49Br2F2N4O7+. The zero-order valence-electron chi connectivity index (χ0n) is 28.2. The number of aliphatic hydroxyl groups excluding tert-OH is 2. The first-order chi connectivity index (χ1) is 24.0. The van der Waals surface area contributed by atoms with E-state index in [1.54, 1.807) is 6.07 Å². The van der Waals surface area contributed by atoms with E-state index in [1.807, 2.05) is 62.4 Å². The molecule has 8 N–H and O–H groups in total. The summed E-state index contributed by atoms with van der Waals surface area (Å²) in [5, 5.41) is 30.1. The van der Waals surface area contributed by atoms with Gasteiger partial charge in [0.1, 0.15) is 6.10 Å². The van der Waals surface area contributed by atoms with Crippen LogP contribution >= 0.6 is 31.9 Å². The number of hydrogen-bond donors (Lipinski definition) is 5. The quantitative estimate of drug-likeness (QED) is 0.0420. The first kappa shape index (κ1) is 47.5. The second-order valence-electron chi connectivity index (χ2n) is 10.00. The van der Waals surface area contributed by atoms with E-state index >= 15 is 0 Å². The Bertz CT molecular complexity index is 1540. The molecule has 0 aliphatic carbocycles. The van der Waals surface area contributed by atoms with Crippen molar-refractivity contribution in [2.45, 2.75) is 46.7 Å². The van der Waals surface area contributed by atoms with Gasteiger partial charge in [-0.25, -0.2) is 4.39 Å². The van der Waals surface area contributed by atoms with E-state index in [4.69, 9.17) is 25.1 Å². The maximum absolute atomic E-state index is 13.5. The third-order valence-electron chi connectivity index (χ3n) is 6.17. The molecule has 1 aliphatic rings. The van der Waals surface area contributed by atoms with Crippen LogP contribution in [0.3, 0.4) is 0 Å². The van der Waals surface area contributed by atoms with Crippen LogP contribution in [0.2, 0.25) is 0 Å². The second kappa shape index (κ2) is 27.2. The predicted octanol–water partition coefficient (Wildman–Crippen LogP) is 7.40. The van der Waals surface area contributed by atoms with Gasteiger partial charge in [0.2, 0.25) is 5.82 Å². The SMILES string of the molecule is C.CC.CO.Nc1cc(F)c([N+](=O)[O-])cc1Br.[NH3+]c1cc(Br)c(NC[C@@H](O)COCc2ccccc2)cc1F.c1ccc(COC[C@H]2CO2)cc1. The average molecular weight is 848 g/mol. The summed E-state index contributed by atoms with van der Waals surface area (Å²) in [6.45, 7) is 7.22. The number of nitrogens with zero attached hydrogens (tertiary/aromatic N) is 1. The molecule has 11 nitrogen and oxygen atoms in total. The monoisotopic (exact) mass is 845 g/mol. The van der Waals surface area contributed by atoms with Gasteiger partial charge in [-0.2, -0.15) is 4.39 Å². The van der Waals surface area contributed by atoms with Gasteiger partial charge in [0.05, 0.1) is 49.7 Å². The molecule has 4 aromatic carbocycles. The zero-order valence-corrected chi connectivity index (χ0v) is 31.3. The molecule has 0 saturated carbocycles. The van der Waals surface area contributed by atoms with E-state index in [-0.39, 0.29) is 32.1 Å². The number of nitrogens with one attached hydrogen (secondary N) is 1. The van der Waals surface area contributed by atoms with Gasteiger partial charge in [0.15, 0.2) is 11.5 Å². The van der Waals surface area contributed by atoms with Crippen LogP contribution in [0.4, 0.5) is 31.5 Å². The topological polar surface area (TPSA) is 180 Å². The Labute approximate surface area is 315 Å². The van der Waals surface area contributed by atoms with Crippen molar-refractivity contribution in [2.24, 2.45) is 0 Å². The standard InChI is InChI=1S/C16H18BrFN2O2.C10H12O2.C6H4BrFN2O2.C2H6.CH4O.CH4/c17-13-6-15(19)14(18)7-16(13)20-8-12(21)10-22-9-11-4-2-1-3-5-11;1-2-4-9(5-3-1)6-11-7-10-8-12-10;7-3-1-6(10(11)12)4(8)2-5(3)9;2*1-2;/h1-7,12,20-21H,8-10,19H2;1-5,10H,6-8H2;1-2H,9H2;1-2H3;2H,1H3;1H4/p+1/t12-;10-;;;;/m10..../s1.